The average molecular weight is 276 g/mol. The standard InChI is InChI=1S/C15H20N2O3/c18-15-8-4-3-5-12(15)11-16(10-9-15)13-6-1-2-7-14(13)17(19)20/h1-2,6-7,12,18H,3-5,8-11H2. The van der Waals surface area contributed by atoms with Crippen molar-refractivity contribution < 1.29 is 10.0 Å². The highest BCUT2D eigenvalue weighted by molar-refractivity contribution is 5.63. The van der Waals surface area contributed by atoms with Crippen molar-refractivity contribution in [3.05, 3.63) is 34.4 Å². The number of rotatable bonds is 2. The van der Waals surface area contributed by atoms with Crippen molar-refractivity contribution in [1.29, 1.82) is 0 Å². The van der Waals surface area contributed by atoms with Crippen LogP contribution in [-0.4, -0.2) is 28.7 Å². The summed E-state index contributed by atoms with van der Waals surface area (Å²) < 4.78 is 0. The van der Waals surface area contributed by atoms with Crippen molar-refractivity contribution >= 4 is 11.4 Å². The molecule has 3 rings (SSSR count). The fourth-order valence-corrected chi connectivity index (χ4v) is 3.68. The molecule has 5 nitrogen and oxygen atoms in total. The molecule has 108 valence electrons. The Morgan fingerprint density at radius 3 is 2.90 bits per heavy atom. The largest absolute Gasteiger partial charge is 0.389 e. The third-order valence-corrected chi connectivity index (χ3v) is 4.85. The SMILES string of the molecule is O=[N+]([O-])c1ccccc1N1CCC2(O)CCCCC2C1. The van der Waals surface area contributed by atoms with Gasteiger partial charge < -0.3 is 10.0 Å². The lowest BCUT2D eigenvalue weighted by molar-refractivity contribution is -0.384. The zero-order valence-electron chi connectivity index (χ0n) is 11.5. The van der Waals surface area contributed by atoms with Gasteiger partial charge in [0.1, 0.15) is 5.69 Å². The molecule has 20 heavy (non-hydrogen) atoms. The Morgan fingerprint density at radius 1 is 1.30 bits per heavy atom. The van der Waals surface area contributed by atoms with Gasteiger partial charge in [-0.15, -0.1) is 0 Å². The van der Waals surface area contributed by atoms with Gasteiger partial charge in [-0.3, -0.25) is 10.1 Å². The van der Waals surface area contributed by atoms with E-state index in [0.29, 0.717) is 18.7 Å². The zero-order valence-corrected chi connectivity index (χ0v) is 11.5. The van der Waals surface area contributed by atoms with Gasteiger partial charge in [0.25, 0.3) is 5.69 Å². The van der Waals surface area contributed by atoms with E-state index in [1.165, 1.54) is 0 Å². The summed E-state index contributed by atoms with van der Waals surface area (Å²) >= 11 is 0. The average Bonchev–Trinajstić information content (AvgIpc) is 2.46. The Kier molecular flexibility index (Phi) is 3.38. The van der Waals surface area contributed by atoms with Gasteiger partial charge in [0.15, 0.2) is 0 Å². The molecule has 2 aliphatic rings. The van der Waals surface area contributed by atoms with Crippen molar-refractivity contribution in [2.45, 2.75) is 37.7 Å². The molecule has 1 saturated carbocycles. The number of benzene rings is 1. The van der Waals surface area contributed by atoms with Crippen LogP contribution in [0, 0.1) is 16.0 Å². The lowest BCUT2D eigenvalue weighted by Crippen LogP contribution is -2.53. The topological polar surface area (TPSA) is 66.6 Å². The van der Waals surface area contributed by atoms with Crippen LogP contribution in [0.5, 0.6) is 0 Å². The Balaban J connectivity index is 1.85. The van der Waals surface area contributed by atoms with E-state index in [-0.39, 0.29) is 16.5 Å². The smallest absolute Gasteiger partial charge is 0.292 e. The third-order valence-electron chi connectivity index (χ3n) is 4.85. The summed E-state index contributed by atoms with van der Waals surface area (Å²) in [6, 6.07) is 6.90. The summed E-state index contributed by atoms with van der Waals surface area (Å²) in [7, 11) is 0. The predicted molar refractivity (Wildman–Crippen MR) is 76.8 cm³/mol. The van der Waals surface area contributed by atoms with Crippen LogP contribution >= 0.6 is 0 Å². The van der Waals surface area contributed by atoms with Crippen molar-refractivity contribution in [3.63, 3.8) is 0 Å². The number of hydrogen-bond acceptors (Lipinski definition) is 4. The molecule has 0 amide bonds. The van der Waals surface area contributed by atoms with Crippen LogP contribution in [0.1, 0.15) is 32.1 Å². The predicted octanol–water partition coefficient (Wildman–Crippen LogP) is 2.73. The highest BCUT2D eigenvalue weighted by atomic mass is 16.6. The van der Waals surface area contributed by atoms with Crippen molar-refractivity contribution in [2.75, 3.05) is 18.0 Å². The van der Waals surface area contributed by atoms with Gasteiger partial charge in [-0.1, -0.05) is 25.0 Å². The first-order chi connectivity index (χ1) is 9.60. The first-order valence-electron chi connectivity index (χ1n) is 7.31. The number of hydrogen-bond donors (Lipinski definition) is 1. The summed E-state index contributed by atoms with van der Waals surface area (Å²) in [6.45, 7) is 1.42. The normalized spacial score (nSPS) is 29.9. The maximum Gasteiger partial charge on any atom is 0.292 e. The summed E-state index contributed by atoms with van der Waals surface area (Å²) in [4.78, 5) is 12.9. The van der Waals surface area contributed by atoms with Crippen LogP contribution in [0.3, 0.4) is 0 Å². The molecule has 1 aromatic carbocycles. The van der Waals surface area contributed by atoms with Crippen molar-refractivity contribution in [3.8, 4) is 0 Å². The minimum Gasteiger partial charge on any atom is -0.389 e. The van der Waals surface area contributed by atoms with Gasteiger partial charge in [0, 0.05) is 25.1 Å². The molecule has 2 atom stereocenters. The number of nitrogens with zero attached hydrogens (tertiary/aromatic N) is 2. The molecule has 0 bridgehead atoms. The lowest BCUT2D eigenvalue weighted by atomic mass is 9.71. The van der Waals surface area contributed by atoms with E-state index in [1.807, 2.05) is 12.1 Å². The van der Waals surface area contributed by atoms with Gasteiger partial charge in [-0.05, 0) is 25.3 Å². The molecule has 5 heteroatoms. The van der Waals surface area contributed by atoms with Gasteiger partial charge >= 0.3 is 0 Å². The fraction of sp³-hybridized carbons (Fsp3) is 0.600. The second-order valence-electron chi connectivity index (χ2n) is 5.99. The minimum absolute atomic E-state index is 0.161. The molecule has 0 radical (unpaired) electrons. The molecular weight excluding hydrogens is 256 g/mol. The molecule has 0 spiro atoms. The van der Waals surface area contributed by atoms with Gasteiger partial charge in [0.05, 0.1) is 10.5 Å². The van der Waals surface area contributed by atoms with Crippen LogP contribution in [-0.2, 0) is 0 Å². The van der Waals surface area contributed by atoms with Gasteiger partial charge in [0.2, 0.25) is 0 Å². The summed E-state index contributed by atoms with van der Waals surface area (Å²) in [5.74, 6) is 0.241. The maximum atomic E-state index is 11.1. The Hall–Kier alpha value is -1.62. The van der Waals surface area contributed by atoms with E-state index in [1.54, 1.807) is 12.1 Å². The maximum absolute atomic E-state index is 11.1. The Morgan fingerprint density at radius 2 is 2.10 bits per heavy atom. The third kappa shape index (κ3) is 2.26. The summed E-state index contributed by atoms with van der Waals surface area (Å²) in [5, 5.41) is 21.8. The van der Waals surface area contributed by atoms with E-state index in [4.69, 9.17) is 0 Å². The van der Waals surface area contributed by atoms with E-state index in [0.717, 1.165) is 32.2 Å². The van der Waals surface area contributed by atoms with Gasteiger partial charge in [-0.2, -0.15) is 0 Å². The van der Waals surface area contributed by atoms with Crippen molar-refractivity contribution in [2.24, 2.45) is 5.92 Å². The number of nitro groups is 1. The number of fused-ring (bicyclic) bond motifs is 1. The highest BCUT2D eigenvalue weighted by Crippen LogP contribution is 2.42. The molecule has 2 fully saturated rings. The molecule has 1 saturated heterocycles. The van der Waals surface area contributed by atoms with Crippen LogP contribution in [0.4, 0.5) is 11.4 Å². The molecular formula is C15H20N2O3. The number of nitro benzene ring substituents is 1. The minimum atomic E-state index is -0.543. The molecule has 0 aromatic heterocycles. The van der Waals surface area contributed by atoms with Crippen LogP contribution < -0.4 is 4.90 Å². The number of anilines is 1. The molecule has 1 aliphatic heterocycles. The monoisotopic (exact) mass is 276 g/mol. The van der Waals surface area contributed by atoms with Crippen molar-refractivity contribution in [1.82, 2.24) is 0 Å². The number of aliphatic hydroxyl groups is 1. The summed E-state index contributed by atoms with van der Waals surface area (Å²) in [5.41, 5.74) is 0.303. The van der Waals surface area contributed by atoms with Crippen LogP contribution in [0.25, 0.3) is 0 Å². The highest BCUT2D eigenvalue weighted by Gasteiger charge is 2.43. The molecule has 1 aromatic rings. The van der Waals surface area contributed by atoms with E-state index in [2.05, 4.69) is 4.90 Å². The molecule has 1 aliphatic carbocycles. The fourth-order valence-electron chi connectivity index (χ4n) is 3.68. The van der Waals surface area contributed by atoms with E-state index < -0.39 is 5.60 Å². The second kappa shape index (κ2) is 5.05. The number of piperidine rings is 1. The van der Waals surface area contributed by atoms with Gasteiger partial charge in [-0.25, -0.2) is 0 Å². The van der Waals surface area contributed by atoms with Crippen LogP contribution in [0.2, 0.25) is 0 Å². The Bertz CT molecular complexity index is 520. The quantitative estimate of drug-likeness (QED) is 0.666. The first-order valence-corrected chi connectivity index (χ1v) is 7.31. The number of para-hydroxylation sites is 2. The lowest BCUT2D eigenvalue weighted by Gasteiger charge is -2.47. The summed E-state index contributed by atoms with van der Waals surface area (Å²) in [6.07, 6.45) is 4.86. The zero-order chi connectivity index (χ0) is 14.2. The molecule has 1 N–H and O–H groups in total. The van der Waals surface area contributed by atoms with E-state index in [9.17, 15) is 15.2 Å². The molecule has 2 unspecified atom stereocenters. The second-order valence-corrected chi connectivity index (χ2v) is 5.99. The van der Waals surface area contributed by atoms with Crippen LogP contribution in [0.15, 0.2) is 24.3 Å². The molecule has 1 heterocycles. The Labute approximate surface area is 118 Å². The first kappa shape index (κ1) is 13.4. The van der Waals surface area contributed by atoms with E-state index >= 15 is 0 Å².